The van der Waals surface area contributed by atoms with Gasteiger partial charge >= 0.3 is 0 Å². The second-order valence-corrected chi connectivity index (χ2v) is 7.03. The number of imidazole rings is 1. The molecule has 1 unspecified atom stereocenters. The molecular weight excluding hydrogens is 354 g/mol. The number of aromatic nitrogens is 2. The van der Waals surface area contributed by atoms with E-state index < -0.39 is 0 Å². The molecule has 0 bridgehead atoms. The van der Waals surface area contributed by atoms with Crippen LogP contribution in [0.5, 0.6) is 5.75 Å². The first-order valence-electron chi connectivity index (χ1n) is 9.75. The van der Waals surface area contributed by atoms with Crippen molar-refractivity contribution in [3.63, 3.8) is 0 Å². The molecule has 1 aliphatic heterocycles. The number of hydrogen-bond acceptors (Lipinski definition) is 4. The van der Waals surface area contributed by atoms with Crippen molar-refractivity contribution >= 4 is 16.9 Å². The third-order valence-corrected chi connectivity index (χ3v) is 5.02. The largest absolute Gasteiger partial charge is 0.491 e. The normalized spacial score (nSPS) is 16.4. The summed E-state index contributed by atoms with van der Waals surface area (Å²) in [7, 11) is 0. The molecule has 4 rings (SSSR count). The number of nitrogens with one attached hydrogen (secondary N) is 1. The van der Waals surface area contributed by atoms with E-state index in [1.165, 1.54) is 0 Å². The topological polar surface area (TPSA) is 65.4 Å². The van der Waals surface area contributed by atoms with Gasteiger partial charge in [0.15, 0.2) is 0 Å². The number of carbonyl (C=O) groups excluding carboxylic acids is 1. The molecule has 1 fully saturated rings. The molecule has 1 saturated heterocycles. The van der Waals surface area contributed by atoms with Crippen LogP contribution in [-0.4, -0.2) is 41.3 Å². The number of ether oxygens (including phenoxy) is 2. The van der Waals surface area contributed by atoms with Gasteiger partial charge in [-0.25, -0.2) is 4.98 Å². The van der Waals surface area contributed by atoms with Gasteiger partial charge in [-0.05, 0) is 50.1 Å². The molecule has 1 aliphatic rings. The lowest BCUT2D eigenvalue weighted by Gasteiger charge is -2.12. The van der Waals surface area contributed by atoms with Crippen LogP contribution in [0.15, 0.2) is 48.5 Å². The second kappa shape index (κ2) is 8.44. The number of carbonyl (C=O) groups is 1. The van der Waals surface area contributed by atoms with E-state index >= 15 is 0 Å². The van der Waals surface area contributed by atoms with E-state index in [0.717, 1.165) is 36.3 Å². The van der Waals surface area contributed by atoms with E-state index in [1.807, 2.05) is 43.3 Å². The second-order valence-electron chi connectivity index (χ2n) is 7.03. The van der Waals surface area contributed by atoms with Crippen LogP contribution in [0, 0.1) is 6.92 Å². The van der Waals surface area contributed by atoms with Gasteiger partial charge < -0.3 is 19.4 Å². The fourth-order valence-electron chi connectivity index (χ4n) is 3.55. The highest BCUT2D eigenvalue weighted by molar-refractivity contribution is 5.94. The lowest BCUT2D eigenvalue weighted by molar-refractivity contribution is 0.0679. The molecule has 0 radical (unpaired) electrons. The average molecular weight is 379 g/mol. The van der Waals surface area contributed by atoms with Crippen molar-refractivity contribution in [1.82, 2.24) is 14.9 Å². The predicted octanol–water partition coefficient (Wildman–Crippen LogP) is 3.33. The Morgan fingerprint density at radius 2 is 2.18 bits per heavy atom. The van der Waals surface area contributed by atoms with Crippen molar-refractivity contribution in [3.05, 3.63) is 59.9 Å². The number of rotatable bonds is 7. The van der Waals surface area contributed by atoms with Crippen LogP contribution in [0.2, 0.25) is 0 Å². The number of aryl methyl sites for hydroxylation is 1. The van der Waals surface area contributed by atoms with Gasteiger partial charge in [-0.15, -0.1) is 0 Å². The monoisotopic (exact) mass is 379 g/mol. The van der Waals surface area contributed by atoms with E-state index in [4.69, 9.17) is 9.47 Å². The minimum absolute atomic E-state index is 0.107. The molecule has 0 spiro atoms. The average Bonchev–Trinajstić information content (AvgIpc) is 3.34. The number of para-hydroxylation sites is 2. The molecule has 28 heavy (non-hydrogen) atoms. The Hall–Kier alpha value is -2.86. The zero-order valence-electron chi connectivity index (χ0n) is 16.1. The minimum atomic E-state index is -0.107. The quantitative estimate of drug-likeness (QED) is 0.684. The van der Waals surface area contributed by atoms with Crippen molar-refractivity contribution in [1.29, 1.82) is 0 Å². The molecule has 0 aliphatic carbocycles. The molecule has 146 valence electrons. The maximum Gasteiger partial charge on any atom is 0.251 e. The van der Waals surface area contributed by atoms with E-state index in [9.17, 15) is 4.79 Å². The molecule has 0 saturated carbocycles. The zero-order chi connectivity index (χ0) is 19.3. The van der Waals surface area contributed by atoms with Gasteiger partial charge in [-0.1, -0.05) is 18.2 Å². The van der Waals surface area contributed by atoms with Crippen molar-refractivity contribution in [2.75, 3.05) is 19.8 Å². The zero-order valence-corrected chi connectivity index (χ0v) is 16.1. The highest BCUT2D eigenvalue weighted by atomic mass is 16.5. The number of hydrogen-bond donors (Lipinski definition) is 1. The molecule has 2 heterocycles. The van der Waals surface area contributed by atoms with Gasteiger partial charge in [-0.2, -0.15) is 0 Å². The summed E-state index contributed by atoms with van der Waals surface area (Å²) in [5, 5.41) is 2.99. The van der Waals surface area contributed by atoms with Crippen LogP contribution >= 0.6 is 0 Å². The Morgan fingerprint density at radius 3 is 3.04 bits per heavy atom. The molecule has 2 aromatic carbocycles. The predicted molar refractivity (Wildman–Crippen MR) is 108 cm³/mol. The van der Waals surface area contributed by atoms with Crippen molar-refractivity contribution in [2.24, 2.45) is 0 Å². The van der Waals surface area contributed by atoms with Crippen molar-refractivity contribution < 1.29 is 14.3 Å². The van der Waals surface area contributed by atoms with Crippen LogP contribution in [0.4, 0.5) is 0 Å². The van der Waals surface area contributed by atoms with Gasteiger partial charge in [-0.3, -0.25) is 4.79 Å². The molecule has 6 heteroatoms. The first-order valence-corrected chi connectivity index (χ1v) is 9.75. The van der Waals surface area contributed by atoms with Gasteiger partial charge in [0, 0.05) is 25.3 Å². The SMILES string of the molecule is Cc1nc2ccccc2n1CCNC(=O)c1cccc(OCC2CCCO2)c1. The third-order valence-electron chi connectivity index (χ3n) is 5.02. The highest BCUT2D eigenvalue weighted by Gasteiger charge is 2.16. The summed E-state index contributed by atoms with van der Waals surface area (Å²) in [5.41, 5.74) is 2.65. The Morgan fingerprint density at radius 1 is 1.29 bits per heavy atom. The Bertz CT molecular complexity index is 961. The third kappa shape index (κ3) is 4.17. The Labute approximate surface area is 164 Å². The Balaban J connectivity index is 1.33. The first kappa shape index (κ1) is 18.5. The van der Waals surface area contributed by atoms with Gasteiger partial charge in [0.2, 0.25) is 0 Å². The lowest BCUT2D eigenvalue weighted by atomic mass is 10.2. The van der Waals surface area contributed by atoms with Crippen LogP contribution in [0.3, 0.4) is 0 Å². The fraction of sp³-hybridized carbons (Fsp3) is 0.364. The highest BCUT2D eigenvalue weighted by Crippen LogP contribution is 2.18. The van der Waals surface area contributed by atoms with E-state index in [1.54, 1.807) is 12.1 Å². The summed E-state index contributed by atoms with van der Waals surface area (Å²) in [6.45, 7) is 4.52. The van der Waals surface area contributed by atoms with Crippen LogP contribution in [0.1, 0.15) is 29.0 Å². The van der Waals surface area contributed by atoms with Gasteiger partial charge in [0.25, 0.3) is 5.91 Å². The molecule has 1 amide bonds. The molecule has 1 N–H and O–H groups in total. The van der Waals surface area contributed by atoms with Crippen LogP contribution in [-0.2, 0) is 11.3 Å². The maximum absolute atomic E-state index is 12.5. The lowest BCUT2D eigenvalue weighted by Crippen LogP contribution is -2.27. The molecule has 1 atom stereocenters. The van der Waals surface area contributed by atoms with E-state index in [2.05, 4.69) is 14.9 Å². The Kier molecular flexibility index (Phi) is 5.58. The summed E-state index contributed by atoms with van der Waals surface area (Å²) < 4.78 is 13.5. The standard InChI is InChI=1S/C22H25N3O3/c1-16-24-20-9-2-3-10-21(20)25(16)12-11-23-22(26)17-6-4-7-18(14-17)28-15-19-8-5-13-27-19/h2-4,6-7,9-10,14,19H,5,8,11-13,15H2,1H3,(H,23,26). The number of benzene rings is 2. The summed E-state index contributed by atoms with van der Waals surface area (Å²) in [4.78, 5) is 17.1. The fourth-order valence-corrected chi connectivity index (χ4v) is 3.55. The maximum atomic E-state index is 12.5. The van der Waals surface area contributed by atoms with Crippen molar-refractivity contribution in [2.45, 2.75) is 32.4 Å². The van der Waals surface area contributed by atoms with Crippen LogP contribution in [0.25, 0.3) is 11.0 Å². The molecular formula is C22H25N3O3. The summed E-state index contributed by atoms with van der Waals surface area (Å²) in [5.74, 6) is 1.53. The molecule has 3 aromatic rings. The van der Waals surface area contributed by atoms with E-state index in [-0.39, 0.29) is 12.0 Å². The van der Waals surface area contributed by atoms with Crippen LogP contribution < -0.4 is 10.1 Å². The smallest absolute Gasteiger partial charge is 0.251 e. The number of nitrogens with zero attached hydrogens (tertiary/aromatic N) is 2. The van der Waals surface area contributed by atoms with Gasteiger partial charge in [0.05, 0.1) is 17.1 Å². The summed E-state index contributed by atoms with van der Waals surface area (Å²) in [6.07, 6.45) is 2.27. The molecule has 6 nitrogen and oxygen atoms in total. The first-order chi connectivity index (χ1) is 13.7. The van der Waals surface area contributed by atoms with Gasteiger partial charge in [0.1, 0.15) is 18.2 Å². The number of amides is 1. The van der Waals surface area contributed by atoms with E-state index in [0.29, 0.717) is 31.0 Å². The number of fused-ring (bicyclic) bond motifs is 1. The van der Waals surface area contributed by atoms with Crippen molar-refractivity contribution in [3.8, 4) is 5.75 Å². The summed E-state index contributed by atoms with van der Waals surface area (Å²) >= 11 is 0. The minimum Gasteiger partial charge on any atom is -0.491 e. The molecule has 1 aromatic heterocycles. The summed E-state index contributed by atoms with van der Waals surface area (Å²) in [6, 6.07) is 15.3.